The summed E-state index contributed by atoms with van der Waals surface area (Å²) in [5, 5.41) is 7.14. The molecule has 1 heterocycles. The van der Waals surface area contributed by atoms with Crippen LogP contribution in [-0.4, -0.2) is 21.2 Å². The topological polar surface area (TPSA) is 46.9 Å². The van der Waals surface area contributed by atoms with E-state index in [1.807, 2.05) is 51.1 Å². The van der Waals surface area contributed by atoms with Crippen molar-refractivity contribution >= 4 is 5.91 Å². The number of hydrogen-bond donors (Lipinski definition) is 1. The molecule has 1 N–H and O–H groups in total. The Morgan fingerprint density at radius 2 is 1.95 bits per heavy atom. The van der Waals surface area contributed by atoms with Crippen LogP contribution in [0.2, 0.25) is 0 Å². The molecule has 0 fully saturated rings. The smallest absolute Gasteiger partial charge is 0.254 e. The van der Waals surface area contributed by atoms with Gasteiger partial charge in [0, 0.05) is 11.7 Å². The molecule has 0 atom stereocenters. The predicted molar refractivity (Wildman–Crippen MR) is 75.0 cm³/mol. The maximum absolute atomic E-state index is 12.0. The van der Waals surface area contributed by atoms with Crippen LogP contribution in [0.1, 0.15) is 36.7 Å². The van der Waals surface area contributed by atoms with Crippen LogP contribution >= 0.6 is 0 Å². The largest absolute Gasteiger partial charge is 0.347 e. The van der Waals surface area contributed by atoms with Gasteiger partial charge in [-0.2, -0.15) is 5.10 Å². The molecule has 0 radical (unpaired) electrons. The summed E-state index contributed by atoms with van der Waals surface area (Å²) in [5.74, 6) is -0.0909. The third-order valence-electron chi connectivity index (χ3n) is 2.57. The lowest BCUT2D eigenvalue weighted by Gasteiger charge is -2.19. The molecule has 1 amide bonds. The van der Waals surface area contributed by atoms with Crippen LogP contribution in [0.5, 0.6) is 0 Å². The summed E-state index contributed by atoms with van der Waals surface area (Å²) in [4.78, 5) is 12.0. The van der Waals surface area contributed by atoms with Crippen molar-refractivity contribution in [2.24, 2.45) is 0 Å². The minimum Gasteiger partial charge on any atom is -0.347 e. The minimum atomic E-state index is -0.237. The summed E-state index contributed by atoms with van der Waals surface area (Å²) >= 11 is 0. The predicted octanol–water partition coefficient (Wildman–Crippen LogP) is 2.46. The second kappa shape index (κ2) is 5.26. The van der Waals surface area contributed by atoms with Gasteiger partial charge >= 0.3 is 0 Å². The first-order valence-electron chi connectivity index (χ1n) is 6.33. The van der Waals surface area contributed by atoms with Crippen LogP contribution in [0.3, 0.4) is 0 Å². The van der Waals surface area contributed by atoms with E-state index in [9.17, 15) is 4.79 Å². The molecule has 0 unspecified atom stereocenters. The number of carbonyl (C=O) groups is 1. The third-order valence-corrected chi connectivity index (χ3v) is 2.57. The van der Waals surface area contributed by atoms with E-state index in [2.05, 4.69) is 10.4 Å². The van der Waals surface area contributed by atoms with Crippen molar-refractivity contribution < 1.29 is 4.79 Å². The number of hydrogen-bond acceptors (Lipinski definition) is 2. The van der Waals surface area contributed by atoms with Crippen LogP contribution in [0, 0.1) is 0 Å². The van der Waals surface area contributed by atoms with E-state index in [1.54, 1.807) is 17.1 Å². The quantitative estimate of drug-likeness (QED) is 0.918. The molecule has 0 spiro atoms. The molecular formula is C15H19N3O. The molecule has 0 aliphatic heterocycles. The van der Waals surface area contributed by atoms with Gasteiger partial charge in [-0.15, -0.1) is 0 Å². The minimum absolute atomic E-state index is 0.0909. The molecule has 0 saturated carbocycles. The summed E-state index contributed by atoms with van der Waals surface area (Å²) in [6.45, 7) is 6.54. The Labute approximate surface area is 113 Å². The van der Waals surface area contributed by atoms with Crippen molar-refractivity contribution in [1.29, 1.82) is 0 Å². The molecule has 2 aromatic rings. The zero-order valence-electron chi connectivity index (χ0n) is 11.6. The van der Waals surface area contributed by atoms with E-state index in [1.165, 1.54) is 0 Å². The first-order chi connectivity index (χ1) is 8.94. The molecule has 0 aliphatic rings. The normalized spacial score (nSPS) is 11.3. The summed E-state index contributed by atoms with van der Waals surface area (Å²) in [5.41, 5.74) is 1.51. The SMILES string of the molecule is CC(C)(C)NC(=O)c1cnn(Cc2ccccc2)c1. The number of benzene rings is 1. The highest BCUT2D eigenvalue weighted by Gasteiger charge is 2.16. The van der Waals surface area contributed by atoms with Crippen molar-refractivity contribution in [3.63, 3.8) is 0 Å². The maximum atomic E-state index is 12.0. The number of nitrogens with one attached hydrogen (secondary N) is 1. The highest BCUT2D eigenvalue weighted by atomic mass is 16.1. The molecule has 1 aromatic heterocycles. The summed E-state index contributed by atoms with van der Waals surface area (Å²) in [6.07, 6.45) is 3.37. The van der Waals surface area contributed by atoms with Crippen LogP contribution in [-0.2, 0) is 6.54 Å². The first-order valence-corrected chi connectivity index (χ1v) is 6.33. The number of amides is 1. The van der Waals surface area contributed by atoms with Crippen molar-refractivity contribution in [3.05, 3.63) is 53.9 Å². The standard InChI is InChI=1S/C15H19N3O/c1-15(2,3)17-14(19)13-9-16-18(11-13)10-12-7-5-4-6-8-12/h4-9,11H,10H2,1-3H3,(H,17,19). The van der Waals surface area contributed by atoms with Crippen LogP contribution in [0.25, 0.3) is 0 Å². The van der Waals surface area contributed by atoms with Gasteiger partial charge in [0.25, 0.3) is 5.91 Å². The van der Waals surface area contributed by atoms with Gasteiger partial charge in [-0.3, -0.25) is 9.48 Å². The van der Waals surface area contributed by atoms with Gasteiger partial charge in [0.1, 0.15) is 0 Å². The lowest BCUT2D eigenvalue weighted by molar-refractivity contribution is 0.0919. The fourth-order valence-corrected chi connectivity index (χ4v) is 1.75. The number of aromatic nitrogens is 2. The van der Waals surface area contributed by atoms with Crippen molar-refractivity contribution in [1.82, 2.24) is 15.1 Å². The zero-order valence-corrected chi connectivity index (χ0v) is 11.6. The highest BCUT2D eigenvalue weighted by Crippen LogP contribution is 2.06. The molecule has 19 heavy (non-hydrogen) atoms. The van der Waals surface area contributed by atoms with Gasteiger partial charge in [-0.1, -0.05) is 30.3 Å². The van der Waals surface area contributed by atoms with E-state index < -0.39 is 0 Å². The number of nitrogens with zero attached hydrogens (tertiary/aromatic N) is 2. The Morgan fingerprint density at radius 3 is 2.58 bits per heavy atom. The van der Waals surface area contributed by atoms with Gasteiger partial charge in [0.15, 0.2) is 0 Å². The lowest BCUT2D eigenvalue weighted by Crippen LogP contribution is -2.40. The third kappa shape index (κ3) is 3.95. The van der Waals surface area contributed by atoms with E-state index >= 15 is 0 Å². The second-order valence-corrected chi connectivity index (χ2v) is 5.62. The average molecular weight is 257 g/mol. The molecule has 0 saturated heterocycles. The molecule has 1 aromatic carbocycles. The van der Waals surface area contributed by atoms with E-state index in [0.717, 1.165) is 5.56 Å². The zero-order chi connectivity index (χ0) is 13.9. The summed E-state index contributed by atoms with van der Waals surface area (Å²) in [7, 11) is 0. The van der Waals surface area contributed by atoms with E-state index in [4.69, 9.17) is 0 Å². The lowest BCUT2D eigenvalue weighted by atomic mass is 10.1. The van der Waals surface area contributed by atoms with E-state index in [-0.39, 0.29) is 11.4 Å². The van der Waals surface area contributed by atoms with Crippen LogP contribution in [0.15, 0.2) is 42.7 Å². The molecule has 4 heteroatoms. The van der Waals surface area contributed by atoms with Gasteiger partial charge in [-0.05, 0) is 26.3 Å². The van der Waals surface area contributed by atoms with E-state index in [0.29, 0.717) is 12.1 Å². The molecule has 100 valence electrons. The van der Waals surface area contributed by atoms with Crippen molar-refractivity contribution in [3.8, 4) is 0 Å². The Hall–Kier alpha value is -2.10. The van der Waals surface area contributed by atoms with Gasteiger partial charge < -0.3 is 5.32 Å². The summed E-state index contributed by atoms with van der Waals surface area (Å²) < 4.78 is 1.77. The van der Waals surface area contributed by atoms with Crippen LogP contribution in [0.4, 0.5) is 0 Å². The number of carbonyl (C=O) groups excluding carboxylic acids is 1. The molecule has 4 nitrogen and oxygen atoms in total. The molecule has 0 aliphatic carbocycles. The second-order valence-electron chi connectivity index (χ2n) is 5.62. The van der Waals surface area contributed by atoms with Crippen LogP contribution < -0.4 is 5.32 Å². The Balaban J connectivity index is 2.05. The van der Waals surface area contributed by atoms with Crippen molar-refractivity contribution in [2.45, 2.75) is 32.9 Å². The summed E-state index contributed by atoms with van der Waals surface area (Å²) in [6, 6.07) is 10.0. The Bertz CT molecular complexity index is 552. The van der Waals surface area contributed by atoms with Gasteiger partial charge in [0.05, 0.1) is 18.3 Å². The monoisotopic (exact) mass is 257 g/mol. The number of rotatable bonds is 3. The van der Waals surface area contributed by atoms with Gasteiger partial charge in [-0.25, -0.2) is 0 Å². The fraction of sp³-hybridized carbons (Fsp3) is 0.333. The fourth-order valence-electron chi connectivity index (χ4n) is 1.75. The molecule has 2 rings (SSSR count). The Morgan fingerprint density at radius 1 is 1.26 bits per heavy atom. The molecule has 0 bridgehead atoms. The van der Waals surface area contributed by atoms with Gasteiger partial charge in [0.2, 0.25) is 0 Å². The molecular weight excluding hydrogens is 238 g/mol. The van der Waals surface area contributed by atoms with Crippen molar-refractivity contribution in [2.75, 3.05) is 0 Å². The highest BCUT2D eigenvalue weighted by molar-refractivity contribution is 5.94. The maximum Gasteiger partial charge on any atom is 0.254 e. The first kappa shape index (κ1) is 13.3. The average Bonchev–Trinajstić information content (AvgIpc) is 2.77. The Kier molecular flexibility index (Phi) is 3.69.